The maximum Gasteiger partial charge on any atom is -0.00260 e. The fraction of sp³-hybridized carbons (Fsp3) is 1.00. The molecule has 0 radical (unpaired) electrons. The standard InChI is InChI=1S/C9H21N/c1-8(7-10-5)6-9(2,3)4/h8,10H,6-7H2,1-5H3. The molecule has 0 bridgehead atoms. The van der Waals surface area contributed by atoms with Crippen LogP contribution in [0.15, 0.2) is 0 Å². The molecule has 0 aromatic heterocycles. The third-order valence-electron chi connectivity index (χ3n) is 1.51. The zero-order chi connectivity index (χ0) is 8.20. The summed E-state index contributed by atoms with van der Waals surface area (Å²) in [5.41, 5.74) is 0.482. The van der Waals surface area contributed by atoms with Crippen molar-refractivity contribution in [2.45, 2.75) is 34.1 Å². The number of hydrogen-bond donors (Lipinski definition) is 1. The fourth-order valence-corrected chi connectivity index (χ4v) is 1.47. The second-order valence-electron chi connectivity index (χ2n) is 4.43. The number of rotatable bonds is 3. The molecule has 0 amide bonds. The number of nitrogens with one attached hydrogen (secondary N) is 1. The van der Waals surface area contributed by atoms with Gasteiger partial charge in [0, 0.05) is 0 Å². The van der Waals surface area contributed by atoms with Crippen LogP contribution >= 0.6 is 0 Å². The van der Waals surface area contributed by atoms with Crippen LogP contribution in [0.3, 0.4) is 0 Å². The summed E-state index contributed by atoms with van der Waals surface area (Å²) in [7, 11) is 2.01. The van der Waals surface area contributed by atoms with Crippen molar-refractivity contribution < 1.29 is 0 Å². The Morgan fingerprint density at radius 1 is 1.30 bits per heavy atom. The molecule has 0 aliphatic carbocycles. The maximum absolute atomic E-state index is 3.19. The molecule has 10 heavy (non-hydrogen) atoms. The summed E-state index contributed by atoms with van der Waals surface area (Å²) in [4.78, 5) is 0. The van der Waals surface area contributed by atoms with E-state index in [4.69, 9.17) is 0 Å². The number of hydrogen-bond acceptors (Lipinski definition) is 1. The van der Waals surface area contributed by atoms with Crippen LogP contribution in [0.4, 0.5) is 0 Å². The van der Waals surface area contributed by atoms with Crippen LogP contribution in [0.2, 0.25) is 0 Å². The van der Waals surface area contributed by atoms with Gasteiger partial charge in [-0.25, -0.2) is 0 Å². The molecule has 0 aliphatic rings. The van der Waals surface area contributed by atoms with Crippen molar-refractivity contribution in [3.63, 3.8) is 0 Å². The quantitative estimate of drug-likeness (QED) is 0.639. The second-order valence-corrected chi connectivity index (χ2v) is 4.43. The topological polar surface area (TPSA) is 12.0 Å². The van der Waals surface area contributed by atoms with Gasteiger partial charge in [-0.1, -0.05) is 27.7 Å². The molecule has 0 fully saturated rings. The Bertz CT molecular complexity index is 81.2. The lowest BCUT2D eigenvalue weighted by molar-refractivity contribution is 0.303. The predicted molar refractivity (Wildman–Crippen MR) is 47.2 cm³/mol. The Balaban J connectivity index is 3.47. The first-order chi connectivity index (χ1) is 4.45. The van der Waals surface area contributed by atoms with E-state index >= 15 is 0 Å². The van der Waals surface area contributed by atoms with Gasteiger partial charge in [0.05, 0.1) is 0 Å². The van der Waals surface area contributed by atoms with E-state index in [1.54, 1.807) is 0 Å². The molecule has 0 aliphatic heterocycles. The Kier molecular flexibility index (Phi) is 3.95. The lowest BCUT2D eigenvalue weighted by Crippen LogP contribution is -2.21. The van der Waals surface area contributed by atoms with Gasteiger partial charge < -0.3 is 5.32 Å². The predicted octanol–water partition coefficient (Wildman–Crippen LogP) is 2.28. The summed E-state index contributed by atoms with van der Waals surface area (Å²) in [5.74, 6) is 0.796. The highest BCUT2D eigenvalue weighted by molar-refractivity contribution is 4.66. The highest BCUT2D eigenvalue weighted by atomic mass is 14.8. The van der Waals surface area contributed by atoms with Gasteiger partial charge in [0.2, 0.25) is 0 Å². The normalized spacial score (nSPS) is 15.3. The third kappa shape index (κ3) is 6.09. The van der Waals surface area contributed by atoms with E-state index in [1.807, 2.05) is 7.05 Å². The first-order valence-corrected chi connectivity index (χ1v) is 4.10. The van der Waals surface area contributed by atoms with E-state index in [1.165, 1.54) is 6.42 Å². The van der Waals surface area contributed by atoms with Crippen LogP contribution < -0.4 is 5.32 Å². The van der Waals surface area contributed by atoms with Gasteiger partial charge in [-0.3, -0.25) is 0 Å². The molecule has 0 heterocycles. The van der Waals surface area contributed by atoms with Crippen LogP contribution in [0.25, 0.3) is 0 Å². The molecule has 0 aromatic rings. The van der Waals surface area contributed by atoms with Crippen molar-refractivity contribution in [2.24, 2.45) is 11.3 Å². The van der Waals surface area contributed by atoms with Crippen molar-refractivity contribution in [1.82, 2.24) is 5.32 Å². The summed E-state index contributed by atoms with van der Waals surface area (Å²) in [6.07, 6.45) is 1.30. The van der Waals surface area contributed by atoms with Crippen molar-refractivity contribution in [3.8, 4) is 0 Å². The zero-order valence-corrected chi connectivity index (χ0v) is 7.99. The van der Waals surface area contributed by atoms with Gasteiger partial charge in [0.1, 0.15) is 0 Å². The summed E-state index contributed by atoms with van der Waals surface area (Å²) in [5, 5.41) is 3.19. The van der Waals surface area contributed by atoms with E-state index in [-0.39, 0.29) is 0 Å². The first kappa shape index (κ1) is 9.96. The minimum absolute atomic E-state index is 0.482. The monoisotopic (exact) mass is 143 g/mol. The molecule has 1 unspecified atom stereocenters. The molecule has 1 atom stereocenters. The molecule has 0 saturated heterocycles. The average Bonchev–Trinajstić information content (AvgIpc) is 1.59. The molecule has 62 valence electrons. The summed E-state index contributed by atoms with van der Waals surface area (Å²) in [6, 6.07) is 0. The van der Waals surface area contributed by atoms with Crippen LogP contribution in [0.1, 0.15) is 34.1 Å². The van der Waals surface area contributed by atoms with Crippen molar-refractivity contribution in [3.05, 3.63) is 0 Å². The van der Waals surface area contributed by atoms with E-state index in [2.05, 4.69) is 33.0 Å². The van der Waals surface area contributed by atoms with Gasteiger partial charge in [-0.05, 0) is 31.3 Å². The highest BCUT2D eigenvalue weighted by Crippen LogP contribution is 2.23. The highest BCUT2D eigenvalue weighted by Gasteiger charge is 2.13. The molecule has 0 rings (SSSR count). The molecule has 1 heteroatoms. The van der Waals surface area contributed by atoms with Gasteiger partial charge in [0.15, 0.2) is 0 Å². The Morgan fingerprint density at radius 2 is 1.80 bits per heavy atom. The lowest BCUT2D eigenvalue weighted by Gasteiger charge is -2.22. The molecule has 0 spiro atoms. The SMILES string of the molecule is CNCC(C)CC(C)(C)C. The second kappa shape index (κ2) is 3.97. The average molecular weight is 143 g/mol. The van der Waals surface area contributed by atoms with E-state index in [0.717, 1.165) is 12.5 Å². The summed E-state index contributed by atoms with van der Waals surface area (Å²) < 4.78 is 0. The lowest BCUT2D eigenvalue weighted by atomic mass is 9.85. The maximum atomic E-state index is 3.19. The Labute approximate surface area is 65.2 Å². The molecular weight excluding hydrogens is 122 g/mol. The largest absolute Gasteiger partial charge is 0.319 e. The molecule has 0 aromatic carbocycles. The van der Waals surface area contributed by atoms with Gasteiger partial charge in [0.25, 0.3) is 0 Å². The van der Waals surface area contributed by atoms with Crippen molar-refractivity contribution >= 4 is 0 Å². The minimum Gasteiger partial charge on any atom is -0.319 e. The molecular formula is C9H21N. The van der Waals surface area contributed by atoms with E-state index in [9.17, 15) is 0 Å². The smallest absolute Gasteiger partial charge is 0.00260 e. The van der Waals surface area contributed by atoms with E-state index in [0.29, 0.717) is 5.41 Å². The van der Waals surface area contributed by atoms with Gasteiger partial charge in [-0.2, -0.15) is 0 Å². The fourth-order valence-electron chi connectivity index (χ4n) is 1.47. The van der Waals surface area contributed by atoms with Crippen LogP contribution in [0, 0.1) is 11.3 Å². The summed E-state index contributed by atoms with van der Waals surface area (Å²) >= 11 is 0. The van der Waals surface area contributed by atoms with Crippen LogP contribution in [-0.2, 0) is 0 Å². The molecule has 1 N–H and O–H groups in total. The van der Waals surface area contributed by atoms with Gasteiger partial charge in [-0.15, -0.1) is 0 Å². The Morgan fingerprint density at radius 3 is 2.10 bits per heavy atom. The van der Waals surface area contributed by atoms with Crippen molar-refractivity contribution in [2.75, 3.05) is 13.6 Å². The van der Waals surface area contributed by atoms with E-state index < -0.39 is 0 Å². The third-order valence-corrected chi connectivity index (χ3v) is 1.51. The Hall–Kier alpha value is -0.0400. The van der Waals surface area contributed by atoms with Crippen molar-refractivity contribution in [1.29, 1.82) is 0 Å². The van der Waals surface area contributed by atoms with Crippen LogP contribution in [0.5, 0.6) is 0 Å². The zero-order valence-electron chi connectivity index (χ0n) is 7.99. The van der Waals surface area contributed by atoms with Crippen LogP contribution in [-0.4, -0.2) is 13.6 Å². The molecule has 1 nitrogen and oxygen atoms in total. The first-order valence-electron chi connectivity index (χ1n) is 4.10. The summed E-state index contributed by atoms with van der Waals surface area (Å²) in [6.45, 7) is 10.3. The minimum atomic E-state index is 0.482. The molecule has 0 saturated carbocycles. The van der Waals surface area contributed by atoms with Gasteiger partial charge >= 0.3 is 0 Å².